The molecule has 2 aromatic rings. The topological polar surface area (TPSA) is 80.6 Å². The van der Waals surface area contributed by atoms with Crippen LogP contribution in [0.3, 0.4) is 0 Å². The van der Waals surface area contributed by atoms with Gasteiger partial charge in [0.2, 0.25) is 0 Å². The van der Waals surface area contributed by atoms with Crippen LogP contribution in [0, 0.1) is 0 Å². The number of hydrogen-bond acceptors (Lipinski definition) is 4. The number of hydrogen-bond donors (Lipinski definition) is 1. The maximum atomic E-state index is 11.3. The molecular weight excluding hydrogens is 196 g/mol. The molecule has 0 fully saturated rings. The second-order valence-electron chi connectivity index (χ2n) is 2.96. The van der Waals surface area contributed by atoms with Gasteiger partial charge in [-0.3, -0.25) is 14.3 Å². The van der Waals surface area contributed by atoms with E-state index in [1.165, 1.54) is 0 Å². The van der Waals surface area contributed by atoms with Crippen molar-refractivity contribution in [2.75, 3.05) is 0 Å². The van der Waals surface area contributed by atoms with Crippen LogP contribution in [0.2, 0.25) is 0 Å². The first-order valence-electron chi connectivity index (χ1n) is 4.31. The number of nitrogens with one attached hydrogen (secondary N) is 1. The zero-order valence-electron chi connectivity index (χ0n) is 7.75. The quantitative estimate of drug-likeness (QED) is 0.706. The highest BCUT2D eigenvalue weighted by atomic mass is 16.2. The fraction of sp³-hybridized carbons (Fsp3) is 0.111. The number of aromatic amines is 1. The smallest absolute Gasteiger partial charge is 0.267 e. The average molecular weight is 204 g/mol. The summed E-state index contributed by atoms with van der Waals surface area (Å²) >= 11 is 0. The average Bonchev–Trinajstić information content (AvgIpc) is 2.25. The van der Waals surface area contributed by atoms with Crippen molar-refractivity contribution >= 4 is 0 Å². The minimum absolute atomic E-state index is 0.199. The fourth-order valence-electron chi connectivity index (χ4n) is 1.20. The Kier molecular flexibility index (Phi) is 2.40. The molecule has 2 aromatic heterocycles. The lowest BCUT2D eigenvalue weighted by atomic mass is 10.3. The molecule has 6 heteroatoms. The van der Waals surface area contributed by atoms with Crippen LogP contribution in [0.4, 0.5) is 0 Å². The summed E-state index contributed by atoms with van der Waals surface area (Å²) in [5, 5.41) is 5.60. The van der Waals surface area contributed by atoms with E-state index in [4.69, 9.17) is 0 Å². The van der Waals surface area contributed by atoms with Gasteiger partial charge in [0, 0.05) is 12.4 Å². The van der Waals surface area contributed by atoms with Gasteiger partial charge in [0.1, 0.15) is 6.20 Å². The number of H-pyrrole nitrogens is 1. The van der Waals surface area contributed by atoms with Crippen LogP contribution in [0.15, 0.2) is 40.3 Å². The van der Waals surface area contributed by atoms with Crippen molar-refractivity contribution in [3.63, 3.8) is 0 Å². The predicted octanol–water partition coefficient (Wildman–Crippen LogP) is -0.625. The number of aromatic nitrogens is 4. The Morgan fingerprint density at radius 2 is 2.20 bits per heavy atom. The van der Waals surface area contributed by atoms with E-state index in [0.29, 0.717) is 0 Å². The van der Waals surface area contributed by atoms with Crippen LogP contribution >= 0.6 is 0 Å². The fourth-order valence-corrected chi connectivity index (χ4v) is 1.20. The summed E-state index contributed by atoms with van der Waals surface area (Å²) in [6.45, 7) is 0.199. The molecule has 15 heavy (non-hydrogen) atoms. The molecule has 0 saturated heterocycles. The van der Waals surface area contributed by atoms with Crippen LogP contribution in [0.5, 0.6) is 0 Å². The van der Waals surface area contributed by atoms with Crippen LogP contribution in [-0.2, 0) is 6.54 Å². The van der Waals surface area contributed by atoms with Gasteiger partial charge in [0.05, 0.1) is 6.54 Å². The van der Waals surface area contributed by atoms with Gasteiger partial charge in [0.15, 0.2) is 0 Å². The molecule has 1 N–H and O–H groups in total. The lowest BCUT2D eigenvalue weighted by molar-refractivity contribution is 0.665. The number of pyridine rings is 1. The van der Waals surface area contributed by atoms with Gasteiger partial charge in [-0.25, -0.2) is 9.89 Å². The molecule has 0 unspecified atom stereocenters. The van der Waals surface area contributed by atoms with Gasteiger partial charge < -0.3 is 0 Å². The highest BCUT2D eigenvalue weighted by Gasteiger charge is 2.01. The molecular formula is C9H8N4O2. The minimum atomic E-state index is -0.522. The monoisotopic (exact) mass is 204 g/mol. The lowest BCUT2D eigenvalue weighted by Gasteiger charge is -2.01. The molecule has 0 aromatic carbocycles. The first-order chi connectivity index (χ1) is 7.27. The van der Waals surface area contributed by atoms with E-state index in [1.54, 1.807) is 24.5 Å². The predicted molar refractivity (Wildman–Crippen MR) is 52.5 cm³/mol. The summed E-state index contributed by atoms with van der Waals surface area (Å²) in [6, 6.07) is 3.54. The van der Waals surface area contributed by atoms with E-state index in [9.17, 15) is 9.59 Å². The molecule has 0 saturated carbocycles. The summed E-state index contributed by atoms with van der Waals surface area (Å²) < 4.78 is 1.06. The summed E-state index contributed by atoms with van der Waals surface area (Å²) in [5.74, 6) is 0. The van der Waals surface area contributed by atoms with Crippen molar-refractivity contribution in [3.05, 3.63) is 57.1 Å². The Balaban J connectivity index is 2.41. The molecule has 6 nitrogen and oxygen atoms in total. The summed E-state index contributed by atoms with van der Waals surface area (Å²) in [5.41, 5.74) is -0.162. The highest BCUT2D eigenvalue weighted by molar-refractivity contribution is 5.08. The minimum Gasteiger partial charge on any atom is -0.267 e. The van der Waals surface area contributed by atoms with E-state index < -0.39 is 11.2 Å². The van der Waals surface area contributed by atoms with Crippen molar-refractivity contribution in [2.45, 2.75) is 6.54 Å². The lowest BCUT2D eigenvalue weighted by Crippen LogP contribution is -2.35. The molecule has 76 valence electrons. The van der Waals surface area contributed by atoms with Gasteiger partial charge >= 0.3 is 5.69 Å². The van der Waals surface area contributed by atoms with Crippen LogP contribution in [0.25, 0.3) is 0 Å². The van der Waals surface area contributed by atoms with Gasteiger partial charge in [-0.05, 0) is 11.6 Å². The van der Waals surface area contributed by atoms with E-state index in [1.807, 2.05) is 0 Å². The van der Waals surface area contributed by atoms with Crippen LogP contribution in [-0.4, -0.2) is 19.7 Å². The Labute approximate surface area is 84.2 Å². The zero-order chi connectivity index (χ0) is 10.7. The van der Waals surface area contributed by atoms with Crippen molar-refractivity contribution in [2.24, 2.45) is 0 Å². The molecule has 2 rings (SSSR count). The summed E-state index contributed by atoms with van der Waals surface area (Å²) in [6.07, 6.45) is 4.30. The number of rotatable bonds is 2. The van der Waals surface area contributed by atoms with E-state index in [-0.39, 0.29) is 6.54 Å². The Hall–Kier alpha value is -2.24. The second-order valence-corrected chi connectivity index (χ2v) is 2.96. The largest absolute Gasteiger partial charge is 0.345 e. The van der Waals surface area contributed by atoms with Crippen molar-refractivity contribution in [1.29, 1.82) is 0 Å². The maximum Gasteiger partial charge on any atom is 0.345 e. The van der Waals surface area contributed by atoms with Crippen molar-refractivity contribution in [1.82, 2.24) is 19.7 Å². The zero-order valence-corrected chi connectivity index (χ0v) is 7.75. The molecule has 2 heterocycles. The molecule has 0 spiro atoms. The molecule has 0 amide bonds. The van der Waals surface area contributed by atoms with E-state index in [0.717, 1.165) is 16.3 Å². The third-order valence-electron chi connectivity index (χ3n) is 1.91. The summed E-state index contributed by atoms with van der Waals surface area (Å²) in [7, 11) is 0. The molecule has 0 atom stereocenters. The molecule has 0 radical (unpaired) electrons. The highest BCUT2D eigenvalue weighted by Crippen LogP contribution is 1.95. The first-order valence-corrected chi connectivity index (χ1v) is 4.31. The standard InChI is InChI=1S/C9H8N4O2/c14-8-5-11-12-9(15)13(8)6-7-2-1-3-10-4-7/h1-5H,6H2,(H,12,15). The van der Waals surface area contributed by atoms with Crippen molar-refractivity contribution < 1.29 is 0 Å². The van der Waals surface area contributed by atoms with Crippen LogP contribution in [0.1, 0.15) is 5.56 Å². The maximum absolute atomic E-state index is 11.3. The van der Waals surface area contributed by atoms with Gasteiger partial charge in [-0.2, -0.15) is 5.10 Å². The number of nitrogens with zero attached hydrogens (tertiary/aromatic N) is 3. The third kappa shape index (κ3) is 1.98. The second kappa shape index (κ2) is 3.87. The first kappa shape index (κ1) is 9.32. The molecule has 0 bridgehead atoms. The van der Waals surface area contributed by atoms with E-state index >= 15 is 0 Å². The SMILES string of the molecule is O=c1cn[nH]c(=O)n1Cc1cccnc1. The van der Waals surface area contributed by atoms with Gasteiger partial charge in [-0.1, -0.05) is 6.07 Å². The Morgan fingerprint density at radius 3 is 2.87 bits per heavy atom. The molecule has 0 aliphatic carbocycles. The van der Waals surface area contributed by atoms with E-state index in [2.05, 4.69) is 15.2 Å². The normalized spacial score (nSPS) is 10.1. The van der Waals surface area contributed by atoms with Gasteiger partial charge in [0.25, 0.3) is 5.56 Å². The van der Waals surface area contributed by atoms with Gasteiger partial charge in [-0.15, -0.1) is 0 Å². The molecule has 0 aliphatic heterocycles. The van der Waals surface area contributed by atoms with Crippen LogP contribution < -0.4 is 11.2 Å². The Bertz CT molecular complexity index is 530. The van der Waals surface area contributed by atoms with Crippen molar-refractivity contribution in [3.8, 4) is 0 Å². The summed E-state index contributed by atoms with van der Waals surface area (Å²) in [4.78, 5) is 26.5. The molecule has 0 aliphatic rings. The third-order valence-corrected chi connectivity index (χ3v) is 1.91. The Morgan fingerprint density at radius 1 is 1.33 bits per heavy atom.